The number of sulfone groups is 1. The van der Waals surface area contributed by atoms with Crippen molar-refractivity contribution in [2.75, 3.05) is 0 Å². The average molecular weight is 358 g/mol. The Balaban J connectivity index is 2.85. The van der Waals surface area contributed by atoms with Crippen LogP contribution in [-0.2, 0) is 20.0 Å². The Bertz CT molecular complexity index is 995. The van der Waals surface area contributed by atoms with Crippen LogP contribution >= 0.6 is 0 Å². The van der Waals surface area contributed by atoms with Crippen molar-refractivity contribution in [1.29, 1.82) is 0 Å². The van der Waals surface area contributed by atoms with E-state index < -0.39 is 51.0 Å². The second-order valence-corrected chi connectivity index (χ2v) is 7.55. The lowest BCUT2D eigenvalue weighted by Crippen LogP contribution is -2.11. The van der Waals surface area contributed by atoms with Crippen LogP contribution in [0, 0.1) is 10.1 Å². The number of phenols is 1. The van der Waals surface area contributed by atoms with Crippen molar-refractivity contribution in [3.63, 3.8) is 0 Å². The zero-order valence-electron chi connectivity index (χ0n) is 11.1. The Morgan fingerprint density at radius 1 is 0.913 bits per heavy atom. The molecule has 0 aliphatic heterocycles. The minimum absolute atomic E-state index is 0.476. The smallest absolute Gasteiger partial charge is 0.288 e. The molecular weight excluding hydrogens is 350 g/mol. The fraction of sp³-hybridized carbons (Fsp3) is 0. The molecule has 1 N–H and O–H groups in total. The largest absolute Gasteiger partial charge is 0.744 e. The average Bonchev–Trinajstić information content (AvgIpc) is 2.46. The highest BCUT2D eigenvalue weighted by Crippen LogP contribution is 2.33. The number of aromatic hydroxyl groups is 1. The van der Waals surface area contributed by atoms with Crippen molar-refractivity contribution < 1.29 is 31.4 Å². The molecule has 2 aromatic rings. The second-order valence-electron chi connectivity index (χ2n) is 4.31. The molecule has 2 rings (SSSR count). The minimum Gasteiger partial charge on any atom is -0.744 e. The van der Waals surface area contributed by atoms with Gasteiger partial charge in [-0.3, -0.25) is 10.1 Å². The summed E-state index contributed by atoms with van der Waals surface area (Å²) < 4.78 is 58.8. The normalized spacial score (nSPS) is 12.0. The number of nitro groups is 1. The van der Waals surface area contributed by atoms with Gasteiger partial charge in [0.1, 0.15) is 20.8 Å². The zero-order valence-corrected chi connectivity index (χ0v) is 12.7. The molecule has 0 unspecified atom stereocenters. The van der Waals surface area contributed by atoms with Crippen LogP contribution < -0.4 is 0 Å². The molecular formula is C12H8NO8S2-. The highest BCUT2D eigenvalue weighted by molar-refractivity contribution is 7.93. The molecule has 0 amide bonds. The maximum Gasteiger partial charge on any atom is 0.288 e. The molecule has 11 heteroatoms. The summed E-state index contributed by atoms with van der Waals surface area (Å²) in [5, 5.41) is 20.2. The number of hydrogen-bond donors (Lipinski definition) is 1. The summed E-state index contributed by atoms with van der Waals surface area (Å²) in [6, 6.07) is 6.33. The van der Waals surface area contributed by atoms with E-state index in [9.17, 15) is 36.6 Å². The first kappa shape index (κ1) is 16.9. The molecule has 9 nitrogen and oxygen atoms in total. The summed E-state index contributed by atoms with van der Waals surface area (Å²) in [6.45, 7) is 0. The van der Waals surface area contributed by atoms with Gasteiger partial charge in [-0.2, -0.15) is 0 Å². The first-order chi connectivity index (χ1) is 10.5. The van der Waals surface area contributed by atoms with Crippen LogP contribution in [0.4, 0.5) is 5.69 Å². The Labute approximate surface area is 130 Å². The van der Waals surface area contributed by atoms with Crippen molar-refractivity contribution in [2.45, 2.75) is 14.7 Å². The molecule has 0 aliphatic rings. The van der Waals surface area contributed by atoms with Crippen LogP contribution in [0.15, 0.2) is 57.2 Å². The highest BCUT2D eigenvalue weighted by atomic mass is 32.2. The molecule has 0 heterocycles. The van der Waals surface area contributed by atoms with E-state index in [1.54, 1.807) is 0 Å². The van der Waals surface area contributed by atoms with Crippen LogP contribution in [-0.4, -0.2) is 31.4 Å². The predicted molar refractivity (Wildman–Crippen MR) is 74.6 cm³/mol. The molecule has 2 aromatic carbocycles. The number of benzene rings is 2. The van der Waals surface area contributed by atoms with Gasteiger partial charge in [-0.05, 0) is 24.3 Å². The van der Waals surface area contributed by atoms with Crippen LogP contribution in [0.5, 0.6) is 5.75 Å². The summed E-state index contributed by atoms with van der Waals surface area (Å²) in [6.07, 6.45) is 0. The van der Waals surface area contributed by atoms with Crippen molar-refractivity contribution >= 4 is 25.6 Å². The Morgan fingerprint density at radius 2 is 1.52 bits per heavy atom. The summed E-state index contributed by atoms with van der Waals surface area (Å²) in [7, 11) is -9.92. The van der Waals surface area contributed by atoms with Gasteiger partial charge in [0.05, 0.1) is 14.7 Å². The van der Waals surface area contributed by atoms with Gasteiger partial charge in [-0.1, -0.05) is 12.1 Å². The molecule has 0 aliphatic carbocycles. The molecule has 23 heavy (non-hydrogen) atoms. The summed E-state index contributed by atoms with van der Waals surface area (Å²) in [5.74, 6) is -0.638. The monoisotopic (exact) mass is 358 g/mol. The Hall–Kier alpha value is -2.50. The number of para-hydroxylation sites is 1. The number of hydrogen-bond acceptors (Lipinski definition) is 8. The van der Waals surface area contributed by atoms with Gasteiger partial charge in [-0.15, -0.1) is 0 Å². The van der Waals surface area contributed by atoms with E-state index in [0.29, 0.717) is 12.1 Å². The lowest BCUT2D eigenvalue weighted by Gasteiger charge is -2.13. The first-order valence-electron chi connectivity index (χ1n) is 5.82. The third-order valence-corrected chi connectivity index (χ3v) is 5.70. The first-order valence-corrected chi connectivity index (χ1v) is 8.71. The van der Waals surface area contributed by atoms with E-state index in [-0.39, 0.29) is 0 Å². The number of rotatable bonds is 4. The maximum absolute atomic E-state index is 12.5. The SMILES string of the molecule is O=[N+]([O-])c1ccccc1S(=O)(=O)c1ccc(O)cc1S(=O)(=O)[O-]. The number of nitro benzene ring substituents is 1. The summed E-state index contributed by atoms with van der Waals surface area (Å²) in [4.78, 5) is 7.12. The molecule has 122 valence electrons. The second kappa shape index (κ2) is 5.61. The maximum atomic E-state index is 12.5. The van der Waals surface area contributed by atoms with Gasteiger partial charge in [0.2, 0.25) is 9.84 Å². The van der Waals surface area contributed by atoms with E-state index in [1.165, 1.54) is 12.1 Å². The lowest BCUT2D eigenvalue weighted by molar-refractivity contribution is -0.387. The van der Waals surface area contributed by atoms with Gasteiger partial charge in [0.15, 0.2) is 0 Å². The topological polar surface area (TPSA) is 155 Å². The fourth-order valence-electron chi connectivity index (χ4n) is 1.87. The minimum atomic E-state index is -5.24. The van der Waals surface area contributed by atoms with E-state index in [1.807, 2.05) is 0 Å². The summed E-state index contributed by atoms with van der Waals surface area (Å²) >= 11 is 0. The van der Waals surface area contributed by atoms with E-state index in [4.69, 9.17) is 0 Å². The van der Waals surface area contributed by atoms with Gasteiger partial charge in [-0.25, -0.2) is 16.8 Å². The van der Waals surface area contributed by atoms with Crippen LogP contribution in [0.25, 0.3) is 0 Å². The summed E-state index contributed by atoms with van der Waals surface area (Å²) in [5.41, 5.74) is -0.769. The van der Waals surface area contributed by atoms with Gasteiger partial charge >= 0.3 is 0 Å². The van der Waals surface area contributed by atoms with E-state index >= 15 is 0 Å². The van der Waals surface area contributed by atoms with E-state index in [0.717, 1.165) is 18.2 Å². The van der Waals surface area contributed by atoms with Crippen molar-refractivity contribution in [1.82, 2.24) is 0 Å². The predicted octanol–water partition coefficient (Wildman–Crippen LogP) is 1.04. The highest BCUT2D eigenvalue weighted by Gasteiger charge is 2.30. The van der Waals surface area contributed by atoms with Gasteiger partial charge in [0.25, 0.3) is 5.69 Å². The molecule has 0 saturated carbocycles. The third kappa shape index (κ3) is 3.16. The fourth-order valence-corrected chi connectivity index (χ4v) is 4.57. The van der Waals surface area contributed by atoms with Crippen LogP contribution in [0.1, 0.15) is 0 Å². The molecule has 0 fully saturated rings. The Morgan fingerprint density at radius 3 is 2.09 bits per heavy atom. The molecule has 0 atom stereocenters. The third-order valence-electron chi connectivity index (χ3n) is 2.84. The number of phenolic OH excluding ortho intramolecular Hbond substituents is 1. The van der Waals surface area contributed by atoms with Gasteiger partial charge in [0, 0.05) is 6.07 Å². The number of nitrogens with zero attached hydrogens (tertiary/aromatic N) is 1. The van der Waals surface area contributed by atoms with Crippen molar-refractivity contribution in [2.24, 2.45) is 0 Å². The van der Waals surface area contributed by atoms with Gasteiger partial charge < -0.3 is 9.66 Å². The van der Waals surface area contributed by atoms with Crippen molar-refractivity contribution in [3.8, 4) is 5.75 Å². The van der Waals surface area contributed by atoms with E-state index in [2.05, 4.69) is 0 Å². The molecule has 0 aromatic heterocycles. The lowest BCUT2D eigenvalue weighted by atomic mass is 10.3. The molecule has 0 saturated heterocycles. The zero-order chi connectivity index (χ0) is 17.4. The molecule has 0 bridgehead atoms. The molecule has 0 spiro atoms. The standard InChI is InChI=1S/C12H9NO8S2/c14-8-5-6-11(12(7-8)23(19,20)21)22(17,18)10-4-2-1-3-9(10)13(15)16/h1-7,14H,(H,19,20,21)/p-1. The Kier molecular flexibility index (Phi) is 4.11. The van der Waals surface area contributed by atoms with Crippen LogP contribution in [0.3, 0.4) is 0 Å². The molecule has 0 radical (unpaired) electrons. The van der Waals surface area contributed by atoms with Crippen molar-refractivity contribution in [3.05, 3.63) is 52.6 Å². The van der Waals surface area contributed by atoms with Crippen LogP contribution in [0.2, 0.25) is 0 Å². The quantitative estimate of drug-likeness (QED) is 0.483.